The van der Waals surface area contributed by atoms with E-state index in [1.807, 2.05) is 38.1 Å². The summed E-state index contributed by atoms with van der Waals surface area (Å²) in [5.41, 5.74) is 4.03. The lowest BCUT2D eigenvalue weighted by molar-refractivity contribution is 0.102. The van der Waals surface area contributed by atoms with Gasteiger partial charge in [-0.2, -0.15) is 0 Å². The van der Waals surface area contributed by atoms with Crippen molar-refractivity contribution in [1.29, 1.82) is 0 Å². The Bertz CT molecular complexity index is 1310. The largest absolute Gasteiger partial charge is 0.497 e. The quantitative estimate of drug-likeness (QED) is 0.453. The number of benzene rings is 2. The molecule has 0 aliphatic heterocycles. The van der Waals surface area contributed by atoms with Gasteiger partial charge >= 0.3 is 0 Å². The highest BCUT2D eigenvalue weighted by molar-refractivity contribution is 6.04. The van der Waals surface area contributed by atoms with E-state index in [4.69, 9.17) is 13.9 Å². The van der Waals surface area contributed by atoms with E-state index in [0.29, 0.717) is 41.1 Å². The number of amides is 1. The van der Waals surface area contributed by atoms with Crippen molar-refractivity contribution in [2.45, 2.75) is 27.3 Å². The second-order valence-corrected chi connectivity index (χ2v) is 7.54. The monoisotopic (exact) mass is 447 g/mol. The lowest BCUT2D eigenvalue weighted by Crippen LogP contribution is -2.15. The van der Waals surface area contributed by atoms with Gasteiger partial charge in [-0.05, 0) is 44.5 Å². The van der Waals surface area contributed by atoms with Gasteiger partial charge in [-0.25, -0.2) is 9.67 Å². The second kappa shape index (κ2) is 9.15. The van der Waals surface area contributed by atoms with Crippen molar-refractivity contribution in [1.82, 2.24) is 20.0 Å². The molecule has 0 saturated carbocycles. The van der Waals surface area contributed by atoms with Gasteiger partial charge in [0.25, 0.3) is 5.91 Å². The fourth-order valence-electron chi connectivity index (χ4n) is 3.46. The molecule has 2 aromatic heterocycles. The lowest BCUT2D eigenvalue weighted by atomic mass is 10.1. The molecule has 2 heterocycles. The van der Waals surface area contributed by atoms with Crippen molar-refractivity contribution in [2.75, 3.05) is 19.5 Å². The van der Waals surface area contributed by atoms with Crippen LogP contribution in [0.4, 0.5) is 5.69 Å². The Kier molecular flexibility index (Phi) is 6.12. The maximum Gasteiger partial charge on any atom is 0.278 e. The Balaban J connectivity index is 1.56. The van der Waals surface area contributed by atoms with Crippen LogP contribution >= 0.6 is 0 Å². The van der Waals surface area contributed by atoms with Gasteiger partial charge in [0.15, 0.2) is 5.69 Å². The third-order valence-electron chi connectivity index (χ3n) is 5.42. The van der Waals surface area contributed by atoms with Crippen molar-refractivity contribution in [3.8, 4) is 23.0 Å². The number of anilines is 1. The minimum atomic E-state index is -0.400. The normalized spacial score (nSPS) is 10.8. The molecule has 0 spiro atoms. The van der Waals surface area contributed by atoms with Crippen LogP contribution in [0, 0.1) is 20.8 Å². The summed E-state index contributed by atoms with van der Waals surface area (Å²) in [4.78, 5) is 17.6. The molecule has 33 heavy (non-hydrogen) atoms. The van der Waals surface area contributed by atoms with Gasteiger partial charge in [0.1, 0.15) is 23.0 Å². The molecule has 0 aliphatic carbocycles. The van der Waals surface area contributed by atoms with Crippen LogP contribution in [0.25, 0.3) is 11.5 Å². The van der Waals surface area contributed by atoms with Crippen molar-refractivity contribution in [3.63, 3.8) is 0 Å². The molecule has 1 N–H and O–H groups in total. The van der Waals surface area contributed by atoms with Crippen molar-refractivity contribution >= 4 is 11.6 Å². The van der Waals surface area contributed by atoms with Crippen molar-refractivity contribution in [2.24, 2.45) is 0 Å². The zero-order valence-electron chi connectivity index (χ0n) is 19.2. The van der Waals surface area contributed by atoms with Gasteiger partial charge in [0.2, 0.25) is 5.89 Å². The van der Waals surface area contributed by atoms with Gasteiger partial charge < -0.3 is 19.2 Å². The summed E-state index contributed by atoms with van der Waals surface area (Å²) in [5, 5.41) is 11.1. The van der Waals surface area contributed by atoms with Gasteiger partial charge in [0.05, 0.1) is 32.1 Å². The van der Waals surface area contributed by atoms with E-state index in [-0.39, 0.29) is 5.69 Å². The van der Waals surface area contributed by atoms with Gasteiger partial charge in [0, 0.05) is 11.6 Å². The molecule has 0 atom stereocenters. The Morgan fingerprint density at radius 3 is 2.61 bits per heavy atom. The Labute approximate surface area is 191 Å². The van der Waals surface area contributed by atoms with E-state index in [1.54, 1.807) is 36.9 Å². The number of aryl methyl sites for hydroxylation is 2. The number of hydrogen-bond donors (Lipinski definition) is 1. The standard InChI is InChI=1S/C24H25N5O4/c1-14-8-6-7-9-18(14)24-26-20(16(3)33-24)13-29-15(2)22(27-28-29)23(30)25-19-12-17(31-4)10-11-21(19)32-5/h6-12H,13H2,1-5H3,(H,25,30). The minimum absolute atomic E-state index is 0.208. The molecule has 0 bridgehead atoms. The number of methoxy groups -OCH3 is 2. The number of carbonyl (C=O) groups is 1. The Hall–Kier alpha value is -4.14. The number of nitrogens with zero attached hydrogens (tertiary/aromatic N) is 4. The van der Waals surface area contributed by atoms with Gasteiger partial charge in [-0.3, -0.25) is 4.79 Å². The summed E-state index contributed by atoms with van der Waals surface area (Å²) < 4.78 is 18.1. The Morgan fingerprint density at radius 2 is 1.88 bits per heavy atom. The van der Waals surface area contributed by atoms with E-state index in [1.165, 1.54) is 7.11 Å². The Morgan fingerprint density at radius 1 is 1.09 bits per heavy atom. The van der Waals surface area contributed by atoms with Crippen molar-refractivity contribution in [3.05, 3.63) is 70.9 Å². The molecule has 4 aromatic rings. The van der Waals surface area contributed by atoms with Crippen molar-refractivity contribution < 1.29 is 18.7 Å². The van der Waals surface area contributed by atoms with Crippen LogP contribution in [0.1, 0.15) is 33.2 Å². The van der Waals surface area contributed by atoms with E-state index < -0.39 is 5.91 Å². The zero-order valence-corrected chi connectivity index (χ0v) is 19.2. The summed E-state index contributed by atoms with van der Waals surface area (Å²) in [6.07, 6.45) is 0. The minimum Gasteiger partial charge on any atom is -0.497 e. The number of rotatable bonds is 7. The first-order valence-corrected chi connectivity index (χ1v) is 10.4. The molecular weight excluding hydrogens is 422 g/mol. The average molecular weight is 447 g/mol. The third-order valence-corrected chi connectivity index (χ3v) is 5.42. The SMILES string of the molecule is COc1ccc(OC)c(NC(=O)c2nnn(Cc3nc(-c4ccccc4C)oc3C)c2C)c1. The molecule has 2 aromatic carbocycles. The predicted octanol–water partition coefficient (Wildman–Crippen LogP) is 4.18. The smallest absolute Gasteiger partial charge is 0.278 e. The summed E-state index contributed by atoms with van der Waals surface area (Å²) in [7, 11) is 3.09. The molecular formula is C24H25N5O4. The van der Waals surface area contributed by atoms with Crippen LogP contribution in [-0.4, -0.2) is 40.1 Å². The first-order chi connectivity index (χ1) is 15.9. The molecule has 0 unspecified atom stereocenters. The molecule has 0 aliphatic rings. The average Bonchev–Trinajstić information content (AvgIpc) is 3.36. The first-order valence-electron chi connectivity index (χ1n) is 10.4. The summed E-state index contributed by atoms with van der Waals surface area (Å²) in [5.74, 6) is 1.95. The number of aromatic nitrogens is 4. The summed E-state index contributed by atoms with van der Waals surface area (Å²) in [6.45, 7) is 5.99. The molecule has 1 amide bonds. The second-order valence-electron chi connectivity index (χ2n) is 7.54. The van der Waals surface area contributed by atoms with Crippen LogP contribution in [-0.2, 0) is 6.54 Å². The molecule has 0 radical (unpaired) electrons. The highest BCUT2D eigenvalue weighted by Crippen LogP contribution is 2.29. The van der Waals surface area contributed by atoms with E-state index in [0.717, 1.165) is 16.8 Å². The van der Waals surface area contributed by atoms with Crippen LogP contribution in [0.5, 0.6) is 11.5 Å². The maximum absolute atomic E-state index is 12.9. The van der Waals surface area contributed by atoms with Gasteiger partial charge in [-0.1, -0.05) is 23.4 Å². The molecule has 170 valence electrons. The fourth-order valence-corrected chi connectivity index (χ4v) is 3.46. The highest BCUT2D eigenvalue weighted by Gasteiger charge is 2.20. The molecule has 0 saturated heterocycles. The van der Waals surface area contributed by atoms with Crippen LogP contribution < -0.4 is 14.8 Å². The fraction of sp³-hybridized carbons (Fsp3) is 0.250. The maximum atomic E-state index is 12.9. The topological polar surface area (TPSA) is 104 Å². The number of oxazole rings is 1. The zero-order chi connectivity index (χ0) is 23.5. The molecule has 4 rings (SSSR count). The number of nitrogens with one attached hydrogen (secondary N) is 1. The van der Waals surface area contributed by atoms with Gasteiger partial charge in [-0.15, -0.1) is 5.10 Å². The summed E-state index contributed by atoms with van der Waals surface area (Å²) >= 11 is 0. The number of carbonyl (C=O) groups excluding carboxylic acids is 1. The molecule has 0 fully saturated rings. The highest BCUT2D eigenvalue weighted by atomic mass is 16.5. The van der Waals surface area contributed by atoms with E-state index >= 15 is 0 Å². The molecule has 9 nitrogen and oxygen atoms in total. The predicted molar refractivity (Wildman–Crippen MR) is 123 cm³/mol. The summed E-state index contributed by atoms with van der Waals surface area (Å²) in [6, 6.07) is 13.1. The third kappa shape index (κ3) is 4.43. The number of hydrogen-bond acceptors (Lipinski definition) is 7. The van der Waals surface area contributed by atoms with E-state index in [2.05, 4.69) is 20.6 Å². The van der Waals surface area contributed by atoms with Crippen LogP contribution in [0.3, 0.4) is 0 Å². The van der Waals surface area contributed by atoms with Crippen LogP contribution in [0.2, 0.25) is 0 Å². The molecule has 9 heteroatoms. The van der Waals surface area contributed by atoms with Crippen LogP contribution in [0.15, 0.2) is 46.9 Å². The first kappa shape index (κ1) is 22.1. The number of ether oxygens (including phenoxy) is 2. The van der Waals surface area contributed by atoms with E-state index in [9.17, 15) is 4.79 Å². The lowest BCUT2D eigenvalue weighted by Gasteiger charge is -2.11.